The summed E-state index contributed by atoms with van der Waals surface area (Å²) in [6.07, 6.45) is 36.3. The number of amides is 1. The fourth-order valence-electron chi connectivity index (χ4n) is 5.29. The lowest BCUT2D eigenvalue weighted by Gasteiger charge is -2.22. The zero-order valence-corrected chi connectivity index (χ0v) is 29.7. The van der Waals surface area contributed by atoms with Gasteiger partial charge in [-0.15, -0.1) is 0 Å². The van der Waals surface area contributed by atoms with Crippen LogP contribution in [0.1, 0.15) is 168 Å². The number of carbonyl (C=O) groups excluding carboxylic acids is 1. The van der Waals surface area contributed by atoms with Crippen LogP contribution in [-0.2, 0) is 14.9 Å². The number of aliphatic hydroxyl groups is 2. The molecule has 3 atom stereocenters. The van der Waals surface area contributed by atoms with Crippen molar-refractivity contribution in [3.63, 3.8) is 0 Å². The van der Waals surface area contributed by atoms with Gasteiger partial charge in [-0.3, -0.25) is 9.35 Å². The summed E-state index contributed by atoms with van der Waals surface area (Å²) in [7, 11) is -4.45. The lowest BCUT2D eigenvalue weighted by molar-refractivity contribution is -0.130. The van der Waals surface area contributed by atoms with Crippen molar-refractivity contribution in [3.05, 3.63) is 36.5 Å². The molecule has 8 heteroatoms. The highest BCUT2D eigenvalue weighted by atomic mass is 32.2. The summed E-state index contributed by atoms with van der Waals surface area (Å²) in [6, 6.07) is -1.25. The predicted molar refractivity (Wildman–Crippen MR) is 190 cm³/mol. The smallest absolute Gasteiger partial charge is 0.267 e. The number of unbranched alkanes of at least 4 members (excludes halogenated alkanes) is 19. The summed E-state index contributed by atoms with van der Waals surface area (Å²) >= 11 is 0. The molecule has 4 N–H and O–H groups in total. The van der Waals surface area contributed by atoms with E-state index in [1.165, 1.54) is 96.0 Å². The highest BCUT2D eigenvalue weighted by Crippen LogP contribution is 2.13. The second-order valence-corrected chi connectivity index (χ2v) is 14.1. The Bertz CT molecular complexity index is 870. The molecule has 0 aromatic carbocycles. The highest BCUT2D eigenvalue weighted by molar-refractivity contribution is 7.85. The van der Waals surface area contributed by atoms with Crippen LogP contribution in [0.25, 0.3) is 0 Å². The Balaban J connectivity index is 4.19. The monoisotopic (exact) mass is 655 g/mol. The van der Waals surface area contributed by atoms with Crippen LogP contribution in [-0.4, -0.2) is 53.1 Å². The van der Waals surface area contributed by atoms with Crippen molar-refractivity contribution in [1.29, 1.82) is 0 Å². The van der Waals surface area contributed by atoms with E-state index in [4.69, 9.17) is 0 Å². The van der Waals surface area contributed by atoms with E-state index < -0.39 is 40.0 Å². The number of carbonyl (C=O) groups is 1. The molecule has 0 aliphatic carbocycles. The standard InChI is InChI=1S/C37H69NO6S/c1-3-5-7-9-11-13-15-16-17-18-19-20-22-23-25-27-29-31-35(39)34(33-45(42,43)44)38-37(41)36(40)32-30-28-26-24-21-14-12-10-8-6-4-2/h12,14,22-23,29,31,34-36,39-40H,3-11,13,15-21,24-28,30,32-33H2,1-2H3,(H,38,41)(H,42,43,44)/b14-12-,23-22+,31-29+. The van der Waals surface area contributed by atoms with Gasteiger partial charge in [0.1, 0.15) is 6.10 Å². The molecule has 0 saturated heterocycles. The van der Waals surface area contributed by atoms with Gasteiger partial charge in [0.05, 0.1) is 17.9 Å². The van der Waals surface area contributed by atoms with E-state index in [-0.39, 0.29) is 6.42 Å². The van der Waals surface area contributed by atoms with Gasteiger partial charge in [0.2, 0.25) is 5.91 Å². The van der Waals surface area contributed by atoms with Crippen LogP contribution in [0.15, 0.2) is 36.5 Å². The van der Waals surface area contributed by atoms with E-state index in [1.807, 2.05) is 0 Å². The van der Waals surface area contributed by atoms with E-state index in [0.29, 0.717) is 12.8 Å². The van der Waals surface area contributed by atoms with E-state index in [9.17, 15) is 28.0 Å². The molecule has 0 aliphatic heterocycles. The Labute approximate surface area is 277 Å². The molecule has 0 fully saturated rings. The number of allylic oxidation sites excluding steroid dienone is 5. The van der Waals surface area contributed by atoms with Crippen molar-refractivity contribution >= 4 is 16.0 Å². The molecule has 0 bridgehead atoms. The van der Waals surface area contributed by atoms with Crippen molar-refractivity contribution in [2.45, 2.75) is 186 Å². The van der Waals surface area contributed by atoms with Crippen molar-refractivity contribution < 1.29 is 28.0 Å². The van der Waals surface area contributed by atoms with Gasteiger partial charge in [0.25, 0.3) is 10.1 Å². The first-order valence-electron chi connectivity index (χ1n) is 18.3. The maximum atomic E-state index is 12.5. The molecule has 0 saturated carbocycles. The van der Waals surface area contributed by atoms with Gasteiger partial charge in [-0.05, 0) is 57.8 Å². The quantitative estimate of drug-likeness (QED) is 0.0326. The molecule has 0 aromatic heterocycles. The van der Waals surface area contributed by atoms with Gasteiger partial charge in [0, 0.05) is 0 Å². The maximum Gasteiger partial charge on any atom is 0.267 e. The van der Waals surface area contributed by atoms with Crippen LogP contribution in [0.2, 0.25) is 0 Å². The minimum Gasteiger partial charge on any atom is -0.387 e. The molecule has 264 valence electrons. The molecular formula is C37H69NO6S. The zero-order chi connectivity index (χ0) is 33.4. The molecular weight excluding hydrogens is 586 g/mol. The normalized spacial score (nSPS) is 14.5. The number of hydrogen-bond donors (Lipinski definition) is 4. The first-order chi connectivity index (χ1) is 21.7. The van der Waals surface area contributed by atoms with Crippen LogP contribution in [0.4, 0.5) is 0 Å². The molecule has 1 amide bonds. The molecule has 0 aromatic rings. The highest BCUT2D eigenvalue weighted by Gasteiger charge is 2.27. The Morgan fingerprint density at radius 2 is 1.00 bits per heavy atom. The molecule has 45 heavy (non-hydrogen) atoms. The van der Waals surface area contributed by atoms with Crippen molar-refractivity contribution in [1.82, 2.24) is 5.32 Å². The second-order valence-electron chi connectivity index (χ2n) is 12.6. The number of nitrogens with one attached hydrogen (secondary N) is 1. The predicted octanol–water partition coefficient (Wildman–Crippen LogP) is 9.15. The van der Waals surface area contributed by atoms with E-state index >= 15 is 0 Å². The lowest BCUT2D eigenvalue weighted by atomic mass is 10.1. The van der Waals surface area contributed by atoms with E-state index in [2.05, 4.69) is 43.5 Å². The van der Waals surface area contributed by atoms with Gasteiger partial charge >= 0.3 is 0 Å². The first kappa shape index (κ1) is 43.5. The Morgan fingerprint density at radius 3 is 1.51 bits per heavy atom. The Morgan fingerprint density at radius 1 is 0.600 bits per heavy atom. The third-order valence-corrected chi connectivity index (χ3v) is 8.93. The number of hydrogen-bond acceptors (Lipinski definition) is 5. The van der Waals surface area contributed by atoms with Crippen LogP contribution in [0.5, 0.6) is 0 Å². The van der Waals surface area contributed by atoms with Gasteiger partial charge in [-0.1, -0.05) is 147 Å². The van der Waals surface area contributed by atoms with Crippen LogP contribution < -0.4 is 5.32 Å². The minimum absolute atomic E-state index is 0.259. The fraction of sp³-hybridized carbons (Fsp3) is 0.811. The minimum atomic E-state index is -4.45. The van der Waals surface area contributed by atoms with Crippen molar-refractivity contribution in [2.24, 2.45) is 0 Å². The SMILES string of the molecule is CCCCC/C=C\CCCCCCC(O)C(=O)NC(CS(=O)(=O)O)C(O)/C=C/CC/C=C/CCCCCCCCCCCCC. The summed E-state index contributed by atoms with van der Waals surface area (Å²) in [5.74, 6) is -1.57. The van der Waals surface area contributed by atoms with Crippen LogP contribution >= 0.6 is 0 Å². The molecule has 0 rings (SSSR count). The van der Waals surface area contributed by atoms with Gasteiger partial charge < -0.3 is 15.5 Å². The van der Waals surface area contributed by atoms with Crippen LogP contribution in [0.3, 0.4) is 0 Å². The summed E-state index contributed by atoms with van der Waals surface area (Å²) in [6.45, 7) is 4.45. The number of rotatable bonds is 32. The average molecular weight is 656 g/mol. The maximum absolute atomic E-state index is 12.5. The largest absolute Gasteiger partial charge is 0.387 e. The lowest BCUT2D eigenvalue weighted by Crippen LogP contribution is -2.50. The third kappa shape index (κ3) is 30.9. The summed E-state index contributed by atoms with van der Waals surface area (Å²) < 4.78 is 32.3. The fourth-order valence-corrected chi connectivity index (χ4v) is 6.02. The van der Waals surface area contributed by atoms with Crippen molar-refractivity contribution in [2.75, 3.05) is 5.75 Å². The van der Waals surface area contributed by atoms with E-state index in [0.717, 1.165) is 44.9 Å². The first-order valence-corrected chi connectivity index (χ1v) is 19.9. The van der Waals surface area contributed by atoms with Gasteiger partial charge in [-0.25, -0.2) is 0 Å². The number of aliphatic hydroxyl groups excluding tert-OH is 2. The zero-order valence-electron chi connectivity index (χ0n) is 28.8. The summed E-state index contributed by atoms with van der Waals surface area (Å²) in [5, 5.41) is 23.2. The molecule has 0 radical (unpaired) electrons. The van der Waals surface area contributed by atoms with Gasteiger partial charge in [0.15, 0.2) is 0 Å². The topological polar surface area (TPSA) is 124 Å². The van der Waals surface area contributed by atoms with Crippen LogP contribution in [0, 0.1) is 0 Å². The Hall–Kier alpha value is -1.48. The van der Waals surface area contributed by atoms with Crippen molar-refractivity contribution in [3.8, 4) is 0 Å². The third-order valence-electron chi connectivity index (χ3n) is 8.15. The summed E-state index contributed by atoms with van der Waals surface area (Å²) in [5.41, 5.74) is 0. The summed E-state index contributed by atoms with van der Waals surface area (Å²) in [4.78, 5) is 12.5. The molecule has 0 heterocycles. The molecule has 0 spiro atoms. The molecule has 0 aliphatic rings. The Kier molecular flexibility index (Phi) is 30.1. The molecule has 7 nitrogen and oxygen atoms in total. The second kappa shape index (κ2) is 31.1. The van der Waals surface area contributed by atoms with E-state index in [1.54, 1.807) is 6.08 Å². The average Bonchev–Trinajstić information content (AvgIpc) is 3.00. The van der Waals surface area contributed by atoms with Gasteiger partial charge in [-0.2, -0.15) is 8.42 Å². The molecule has 3 unspecified atom stereocenters.